The Morgan fingerprint density at radius 2 is 2.04 bits per heavy atom. The molecule has 0 unspecified atom stereocenters. The van der Waals surface area contributed by atoms with Crippen molar-refractivity contribution in [3.63, 3.8) is 0 Å². The average Bonchev–Trinajstić information content (AvgIpc) is 3.22. The molecule has 3 aromatic rings. The zero-order valence-electron chi connectivity index (χ0n) is 13.5. The van der Waals surface area contributed by atoms with Crippen LogP contribution in [0.5, 0.6) is 0 Å². The van der Waals surface area contributed by atoms with Gasteiger partial charge in [-0.15, -0.1) is 10.2 Å². The molecule has 2 amide bonds. The lowest BCUT2D eigenvalue weighted by atomic mass is 10.1. The summed E-state index contributed by atoms with van der Waals surface area (Å²) in [6.07, 6.45) is 2.29. The maximum Gasteiger partial charge on any atom is 0.323 e. The number of nitrogens with zero attached hydrogens (tertiary/aromatic N) is 3. The van der Waals surface area contributed by atoms with E-state index in [1.165, 1.54) is 27.4 Å². The van der Waals surface area contributed by atoms with Crippen LogP contribution in [0.2, 0.25) is 0 Å². The molecule has 0 radical (unpaired) electrons. The molecule has 2 aromatic heterocycles. The molecular formula is C17H18N4O2S. The second-order valence-corrected chi connectivity index (χ2v) is 6.59. The van der Waals surface area contributed by atoms with Crippen LogP contribution in [0.15, 0.2) is 47.1 Å². The van der Waals surface area contributed by atoms with Gasteiger partial charge in [0.15, 0.2) is 0 Å². The molecule has 3 rings (SSSR count). The quantitative estimate of drug-likeness (QED) is 0.767. The number of hydrogen-bond acceptors (Lipinski definition) is 5. The van der Waals surface area contributed by atoms with Gasteiger partial charge in [-0.2, -0.15) is 0 Å². The number of furan rings is 1. The summed E-state index contributed by atoms with van der Waals surface area (Å²) in [4.78, 5) is 13.7. The summed E-state index contributed by atoms with van der Waals surface area (Å²) in [5, 5.41) is 12.3. The van der Waals surface area contributed by atoms with Gasteiger partial charge in [0.05, 0.1) is 12.8 Å². The van der Waals surface area contributed by atoms with E-state index in [0.717, 1.165) is 10.8 Å². The van der Waals surface area contributed by atoms with Gasteiger partial charge in [-0.1, -0.05) is 41.2 Å². The first-order valence-electron chi connectivity index (χ1n) is 7.52. The van der Waals surface area contributed by atoms with Gasteiger partial charge < -0.3 is 9.32 Å². The molecule has 124 valence electrons. The van der Waals surface area contributed by atoms with E-state index in [1.54, 1.807) is 19.4 Å². The summed E-state index contributed by atoms with van der Waals surface area (Å²) in [6.45, 7) is 2.45. The predicted molar refractivity (Wildman–Crippen MR) is 93.1 cm³/mol. The topological polar surface area (TPSA) is 71.3 Å². The number of rotatable bonds is 5. The molecule has 1 N–H and O–H groups in total. The average molecular weight is 342 g/mol. The number of nitrogens with one attached hydrogen (secondary N) is 1. The third kappa shape index (κ3) is 4.20. The van der Waals surface area contributed by atoms with Gasteiger partial charge in [-0.05, 0) is 24.6 Å². The van der Waals surface area contributed by atoms with Gasteiger partial charge in [-0.25, -0.2) is 4.79 Å². The molecule has 0 atom stereocenters. The number of urea groups is 1. The van der Waals surface area contributed by atoms with Crippen molar-refractivity contribution >= 4 is 22.5 Å². The van der Waals surface area contributed by atoms with Crippen LogP contribution >= 0.6 is 11.3 Å². The second-order valence-electron chi connectivity index (χ2n) is 5.53. The van der Waals surface area contributed by atoms with Crippen LogP contribution in [0.4, 0.5) is 9.93 Å². The zero-order valence-corrected chi connectivity index (χ0v) is 14.3. The van der Waals surface area contributed by atoms with Gasteiger partial charge in [-0.3, -0.25) is 5.32 Å². The molecule has 0 spiro atoms. The Bertz CT molecular complexity index is 796. The number of anilines is 1. The molecule has 6 nitrogen and oxygen atoms in total. The maximum atomic E-state index is 12.2. The van der Waals surface area contributed by atoms with Crippen molar-refractivity contribution in [2.75, 3.05) is 12.4 Å². The predicted octanol–water partition coefficient (Wildman–Crippen LogP) is 3.69. The Morgan fingerprint density at radius 3 is 2.75 bits per heavy atom. The summed E-state index contributed by atoms with van der Waals surface area (Å²) < 4.78 is 5.24. The van der Waals surface area contributed by atoms with E-state index in [2.05, 4.69) is 46.7 Å². The van der Waals surface area contributed by atoms with Crippen molar-refractivity contribution in [3.05, 3.63) is 64.6 Å². The number of carbonyl (C=O) groups excluding carboxylic acids is 1. The van der Waals surface area contributed by atoms with E-state index in [9.17, 15) is 4.79 Å². The number of aromatic nitrogens is 2. The van der Waals surface area contributed by atoms with E-state index in [-0.39, 0.29) is 6.03 Å². The standard InChI is InChI=1S/C17H18N4O2S/c1-12-5-7-13(8-6-12)10-15-19-20-16(24-15)18-17(22)21(2)11-14-4-3-9-23-14/h3-9H,10-11H2,1-2H3,(H,18,20,22). The molecule has 0 bridgehead atoms. The summed E-state index contributed by atoms with van der Waals surface area (Å²) in [5.41, 5.74) is 2.40. The number of aryl methyl sites for hydroxylation is 1. The Kier molecular flexibility index (Phi) is 4.90. The first kappa shape index (κ1) is 16.2. The van der Waals surface area contributed by atoms with E-state index < -0.39 is 0 Å². The molecule has 0 aliphatic carbocycles. The van der Waals surface area contributed by atoms with Gasteiger partial charge >= 0.3 is 6.03 Å². The van der Waals surface area contributed by atoms with Crippen molar-refractivity contribution in [2.24, 2.45) is 0 Å². The fourth-order valence-corrected chi connectivity index (χ4v) is 2.91. The van der Waals surface area contributed by atoms with Crippen molar-refractivity contribution in [3.8, 4) is 0 Å². The van der Waals surface area contributed by atoms with Gasteiger partial charge in [0.2, 0.25) is 5.13 Å². The van der Waals surface area contributed by atoms with Crippen LogP contribution < -0.4 is 5.32 Å². The highest BCUT2D eigenvalue weighted by Crippen LogP contribution is 2.19. The van der Waals surface area contributed by atoms with Crippen LogP contribution in [0.3, 0.4) is 0 Å². The normalized spacial score (nSPS) is 10.6. The molecule has 0 aliphatic rings. The highest BCUT2D eigenvalue weighted by molar-refractivity contribution is 7.15. The SMILES string of the molecule is Cc1ccc(Cc2nnc(NC(=O)N(C)Cc3ccco3)s2)cc1. The van der Waals surface area contributed by atoms with Crippen LogP contribution in [0, 0.1) is 6.92 Å². The van der Waals surface area contributed by atoms with E-state index >= 15 is 0 Å². The molecule has 0 saturated heterocycles. The highest BCUT2D eigenvalue weighted by Gasteiger charge is 2.13. The lowest BCUT2D eigenvalue weighted by Gasteiger charge is -2.14. The minimum absolute atomic E-state index is 0.246. The summed E-state index contributed by atoms with van der Waals surface area (Å²) in [7, 11) is 1.70. The fraction of sp³-hybridized carbons (Fsp3) is 0.235. The molecule has 24 heavy (non-hydrogen) atoms. The zero-order chi connectivity index (χ0) is 16.9. The first-order valence-corrected chi connectivity index (χ1v) is 8.34. The second kappa shape index (κ2) is 7.27. The Morgan fingerprint density at radius 1 is 1.25 bits per heavy atom. The molecule has 0 saturated carbocycles. The minimum Gasteiger partial charge on any atom is -0.467 e. The lowest BCUT2D eigenvalue weighted by Crippen LogP contribution is -2.30. The van der Waals surface area contributed by atoms with Crippen LogP contribution in [0.25, 0.3) is 0 Å². The first-order chi connectivity index (χ1) is 11.6. The number of amides is 2. The van der Waals surface area contributed by atoms with Gasteiger partial charge in [0.25, 0.3) is 0 Å². The number of carbonyl (C=O) groups is 1. The summed E-state index contributed by atoms with van der Waals surface area (Å²) in [5.74, 6) is 0.727. The largest absolute Gasteiger partial charge is 0.467 e. The van der Waals surface area contributed by atoms with E-state index in [1.807, 2.05) is 6.07 Å². The minimum atomic E-state index is -0.246. The van der Waals surface area contributed by atoms with Crippen molar-refractivity contribution in [2.45, 2.75) is 19.9 Å². The van der Waals surface area contributed by atoms with Gasteiger partial charge in [0, 0.05) is 13.5 Å². The van der Waals surface area contributed by atoms with E-state index in [4.69, 9.17) is 4.42 Å². The Labute approximate surface area is 144 Å². The molecule has 2 heterocycles. The van der Waals surface area contributed by atoms with E-state index in [0.29, 0.717) is 18.1 Å². The maximum absolute atomic E-state index is 12.2. The third-order valence-electron chi connectivity index (χ3n) is 3.48. The summed E-state index contributed by atoms with van der Waals surface area (Å²) >= 11 is 1.38. The highest BCUT2D eigenvalue weighted by atomic mass is 32.1. The van der Waals surface area contributed by atoms with Gasteiger partial charge in [0.1, 0.15) is 10.8 Å². The van der Waals surface area contributed by atoms with Crippen LogP contribution in [-0.4, -0.2) is 28.2 Å². The molecule has 7 heteroatoms. The molecule has 1 aromatic carbocycles. The number of benzene rings is 1. The van der Waals surface area contributed by atoms with Crippen molar-refractivity contribution in [1.82, 2.24) is 15.1 Å². The molecular weight excluding hydrogens is 324 g/mol. The van der Waals surface area contributed by atoms with Crippen molar-refractivity contribution in [1.29, 1.82) is 0 Å². The fourth-order valence-electron chi connectivity index (χ4n) is 2.15. The summed E-state index contributed by atoms with van der Waals surface area (Å²) in [6, 6.07) is 11.7. The van der Waals surface area contributed by atoms with Crippen LogP contribution in [0.1, 0.15) is 21.9 Å². The molecule has 0 fully saturated rings. The smallest absolute Gasteiger partial charge is 0.323 e. The monoisotopic (exact) mass is 342 g/mol. The number of hydrogen-bond donors (Lipinski definition) is 1. The lowest BCUT2D eigenvalue weighted by molar-refractivity contribution is 0.216. The third-order valence-corrected chi connectivity index (χ3v) is 4.32. The Hall–Kier alpha value is -2.67. The molecule has 0 aliphatic heterocycles. The van der Waals surface area contributed by atoms with Crippen molar-refractivity contribution < 1.29 is 9.21 Å². The van der Waals surface area contributed by atoms with Crippen LogP contribution in [-0.2, 0) is 13.0 Å². The Balaban J connectivity index is 1.57.